The van der Waals surface area contributed by atoms with Crippen molar-refractivity contribution < 1.29 is 9.47 Å². The monoisotopic (exact) mass is 379 g/mol. The van der Waals surface area contributed by atoms with E-state index in [-0.39, 0.29) is 6.10 Å². The number of rotatable bonds is 6. The molecule has 3 heteroatoms. The Morgan fingerprint density at radius 1 is 1.00 bits per heavy atom. The Morgan fingerprint density at radius 3 is 2.54 bits per heavy atom. The van der Waals surface area contributed by atoms with Crippen LogP contribution in [0.5, 0.6) is 11.5 Å². The van der Waals surface area contributed by atoms with Gasteiger partial charge in [-0.15, -0.1) is 0 Å². The van der Waals surface area contributed by atoms with Gasteiger partial charge in [-0.25, -0.2) is 0 Å². The highest BCUT2D eigenvalue weighted by Crippen LogP contribution is 2.37. The molecule has 1 aliphatic heterocycles. The first-order valence-electron chi connectivity index (χ1n) is 10.9. The minimum Gasteiger partial charge on any atom is -0.490 e. The Balaban J connectivity index is 1.31. The molecule has 1 atom stereocenters. The summed E-state index contributed by atoms with van der Waals surface area (Å²) in [5, 5.41) is 3.69. The van der Waals surface area contributed by atoms with E-state index in [1.807, 2.05) is 0 Å². The molecule has 0 radical (unpaired) electrons. The van der Waals surface area contributed by atoms with E-state index < -0.39 is 0 Å². The maximum Gasteiger partial charge on any atom is 0.124 e. The van der Waals surface area contributed by atoms with Crippen LogP contribution in [0.3, 0.4) is 0 Å². The summed E-state index contributed by atoms with van der Waals surface area (Å²) in [7, 11) is 0. The largest absolute Gasteiger partial charge is 0.490 e. The molecule has 3 nitrogen and oxygen atoms in total. The molecular formula is C25H33NO2. The first-order chi connectivity index (χ1) is 13.7. The summed E-state index contributed by atoms with van der Waals surface area (Å²) in [6.07, 6.45) is 7.27. The normalized spacial score (nSPS) is 24.5. The highest BCUT2D eigenvalue weighted by molar-refractivity contribution is 5.42. The number of hydrogen-bond donors (Lipinski definition) is 1. The molecule has 0 saturated heterocycles. The standard InChI is InChI=1S/C25H33NO2/c1-18(2)17-26-21-9-11-22(12-10-21)27-23-13-15-25-20(16-23)8-14-24(28-25)19-6-4-3-5-7-19/h3-7,13,15-16,18,21-22,24,26H,8-12,14,17H2,1-2H3. The Hall–Kier alpha value is -2.00. The third-order valence-corrected chi connectivity index (χ3v) is 5.94. The highest BCUT2D eigenvalue weighted by Gasteiger charge is 2.24. The second kappa shape index (κ2) is 9.00. The number of hydrogen-bond acceptors (Lipinski definition) is 3. The fourth-order valence-corrected chi connectivity index (χ4v) is 4.32. The molecule has 2 aromatic carbocycles. The summed E-state index contributed by atoms with van der Waals surface area (Å²) in [6, 6.07) is 17.5. The SMILES string of the molecule is CC(C)CNC1CCC(Oc2ccc3c(c2)CCC(c2ccccc2)O3)CC1. The van der Waals surface area contributed by atoms with E-state index >= 15 is 0 Å². The Morgan fingerprint density at radius 2 is 1.79 bits per heavy atom. The number of nitrogens with one attached hydrogen (secondary N) is 1. The van der Waals surface area contributed by atoms with Gasteiger partial charge in [0.05, 0.1) is 6.10 Å². The van der Waals surface area contributed by atoms with Gasteiger partial charge in [-0.2, -0.15) is 0 Å². The molecule has 0 spiro atoms. The van der Waals surface area contributed by atoms with Crippen molar-refractivity contribution >= 4 is 0 Å². The van der Waals surface area contributed by atoms with Crippen molar-refractivity contribution in [2.45, 2.75) is 70.6 Å². The number of ether oxygens (including phenoxy) is 2. The quantitative estimate of drug-likeness (QED) is 0.699. The average Bonchev–Trinajstić information content (AvgIpc) is 2.73. The molecule has 1 N–H and O–H groups in total. The first-order valence-corrected chi connectivity index (χ1v) is 10.9. The van der Waals surface area contributed by atoms with Crippen LogP contribution in [-0.2, 0) is 6.42 Å². The zero-order chi connectivity index (χ0) is 19.3. The number of aryl methyl sites for hydroxylation is 1. The molecule has 0 amide bonds. The highest BCUT2D eigenvalue weighted by atomic mass is 16.5. The Labute approximate surface area is 169 Å². The smallest absolute Gasteiger partial charge is 0.124 e. The van der Waals surface area contributed by atoms with Crippen molar-refractivity contribution in [2.75, 3.05) is 6.54 Å². The molecule has 1 heterocycles. The summed E-state index contributed by atoms with van der Waals surface area (Å²) < 4.78 is 12.6. The Bertz CT molecular complexity index is 750. The lowest BCUT2D eigenvalue weighted by molar-refractivity contribution is 0.137. The first kappa shape index (κ1) is 19.3. The van der Waals surface area contributed by atoms with Gasteiger partial charge in [-0.3, -0.25) is 0 Å². The van der Waals surface area contributed by atoms with Crippen molar-refractivity contribution in [1.29, 1.82) is 0 Å². The third kappa shape index (κ3) is 4.88. The molecule has 4 rings (SSSR count). The summed E-state index contributed by atoms with van der Waals surface area (Å²) in [5.74, 6) is 2.72. The molecule has 1 aliphatic carbocycles. The average molecular weight is 380 g/mol. The van der Waals surface area contributed by atoms with Crippen LogP contribution >= 0.6 is 0 Å². The van der Waals surface area contributed by atoms with E-state index in [0.29, 0.717) is 18.1 Å². The molecule has 2 aromatic rings. The lowest BCUT2D eigenvalue weighted by atomic mass is 9.92. The zero-order valence-electron chi connectivity index (χ0n) is 17.2. The van der Waals surface area contributed by atoms with Crippen LogP contribution in [0.1, 0.15) is 63.2 Å². The van der Waals surface area contributed by atoms with Crippen LogP contribution in [0, 0.1) is 5.92 Å². The van der Waals surface area contributed by atoms with Gasteiger partial charge >= 0.3 is 0 Å². The number of benzene rings is 2. The third-order valence-electron chi connectivity index (χ3n) is 5.94. The fourth-order valence-electron chi connectivity index (χ4n) is 4.32. The van der Waals surface area contributed by atoms with Gasteiger partial charge in [0, 0.05) is 6.04 Å². The maximum absolute atomic E-state index is 6.32. The van der Waals surface area contributed by atoms with Crippen LogP contribution in [0.4, 0.5) is 0 Å². The lowest BCUT2D eigenvalue weighted by Gasteiger charge is -2.31. The second-order valence-corrected chi connectivity index (χ2v) is 8.72. The van der Waals surface area contributed by atoms with Crippen LogP contribution < -0.4 is 14.8 Å². The van der Waals surface area contributed by atoms with Crippen molar-refractivity contribution in [3.8, 4) is 11.5 Å². The Kier molecular flexibility index (Phi) is 6.21. The van der Waals surface area contributed by atoms with Crippen molar-refractivity contribution in [1.82, 2.24) is 5.32 Å². The summed E-state index contributed by atoms with van der Waals surface area (Å²) >= 11 is 0. The van der Waals surface area contributed by atoms with Crippen LogP contribution in [-0.4, -0.2) is 18.7 Å². The van der Waals surface area contributed by atoms with Gasteiger partial charge in [-0.05, 0) is 80.3 Å². The molecule has 150 valence electrons. The van der Waals surface area contributed by atoms with Gasteiger partial charge in [0.1, 0.15) is 17.6 Å². The summed E-state index contributed by atoms with van der Waals surface area (Å²) in [4.78, 5) is 0. The van der Waals surface area contributed by atoms with Gasteiger partial charge in [0.2, 0.25) is 0 Å². The van der Waals surface area contributed by atoms with Gasteiger partial charge in [0.15, 0.2) is 0 Å². The topological polar surface area (TPSA) is 30.5 Å². The lowest BCUT2D eigenvalue weighted by Crippen LogP contribution is -2.37. The molecular weight excluding hydrogens is 346 g/mol. The van der Waals surface area contributed by atoms with E-state index in [9.17, 15) is 0 Å². The molecule has 1 unspecified atom stereocenters. The maximum atomic E-state index is 6.32. The van der Waals surface area contributed by atoms with Crippen molar-refractivity contribution in [3.05, 3.63) is 59.7 Å². The van der Waals surface area contributed by atoms with E-state index in [0.717, 1.165) is 43.7 Å². The summed E-state index contributed by atoms with van der Waals surface area (Å²) in [5.41, 5.74) is 2.54. The number of fused-ring (bicyclic) bond motifs is 1. The van der Waals surface area contributed by atoms with Gasteiger partial charge in [-0.1, -0.05) is 44.2 Å². The van der Waals surface area contributed by atoms with Crippen LogP contribution in [0.15, 0.2) is 48.5 Å². The van der Waals surface area contributed by atoms with Crippen molar-refractivity contribution in [2.24, 2.45) is 5.92 Å². The van der Waals surface area contributed by atoms with Crippen LogP contribution in [0.25, 0.3) is 0 Å². The van der Waals surface area contributed by atoms with E-state index in [4.69, 9.17) is 9.47 Å². The summed E-state index contributed by atoms with van der Waals surface area (Å²) in [6.45, 7) is 5.65. The van der Waals surface area contributed by atoms with E-state index in [2.05, 4.69) is 67.7 Å². The molecule has 0 bridgehead atoms. The predicted molar refractivity (Wildman–Crippen MR) is 114 cm³/mol. The van der Waals surface area contributed by atoms with Gasteiger partial charge in [0.25, 0.3) is 0 Å². The van der Waals surface area contributed by atoms with E-state index in [1.54, 1.807) is 0 Å². The van der Waals surface area contributed by atoms with Crippen LogP contribution in [0.2, 0.25) is 0 Å². The fraction of sp³-hybridized carbons (Fsp3) is 0.520. The predicted octanol–water partition coefficient (Wildman–Crippen LogP) is 5.69. The van der Waals surface area contributed by atoms with Crippen molar-refractivity contribution in [3.63, 3.8) is 0 Å². The zero-order valence-corrected chi connectivity index (χ0v) is 17.2. The van der Waals surface area contributed by atoms with E-state index in [1.165, 1.54) is 24.0 Å². The minimum absolute atomic E-state index is 0.161. The molecule has 28 heavy (non-hydrogen) atoms. The molecule has 2 aliphatic rings. The molecule has 1 fully saturated rings. The molecule has 0 aromatic heterocycles. The minimum atomic E-state index is 0.161. The second-order valence-electron chi connectivity index (χ2n) is 8.72. The van der Waals surface area contributed by atoms with Gasteiger partial charge < -0.3 is 14.8 Å². The molecule has 1 saturated carbocycles.